The van der Waals surface area contributed by atoms with Gasteiger partial charge < -0.3 is 14.6 Å². The molecule has 3 atom stereocenters. The molecular weight excluding hydrogens is 304 g/mol. The van der Waals surface area contributed by atoms with Gasteiger partial charge in [-0.1, -0.05) is 32.0 Å². The maximum absolute atomic E-state index is 11.9. The number of aromatic hydroxyl groups is 1. The summed E-state index contributed by atoms with van der Waals surface area (Å²) in [6.07, 6.45) is 2.21. The van der Waals surface area contributed by atoms with Crippen LogP contribution in [0.15, 0.2) is 18.2 Å². The molecule has 1 fully saturated rings. The van der Waals surface area contributed by atoms with Crippen molar-refractivity contribution in [3.8, 4) is 11.5 Å². The quantitative estimate of drug-likeness (QED) is 0.632. The lowest BCUT2D eigenvalue weighted by molar-refractivity contribution is 0.121. The summed E-state index contributed by atoms with van der Waals surface area (Å²) >= 11 is 0. The van der Waals surface area contributed by atoms with Gasteiger partial charge in [0.05, 0.1) is 7.11 Å². The van der Waals surface area contributed by atoms with E-state index in [0.717, 1.165) is 46.7 Å². The number of carbonyl (C=O) groups is 1. The summed E-state index contributed by atoms with van der Waals surface area (Å²) in [7, 11) is 1.32. The normalized spacial score (nSPS) is 24.2. The van der Waals surface area contributed by atoms with Crippen LogP contribution in [0.1, 0.15) is 55.2 Å². The molecule has 1 N–H and O–H groups in total. The van der Waals surface area contributed by atoms with Gasteiger partial charge in [0.1, 0.15) is 11.5 Å². The van der Waals surface area contributed by atoms with Crippen LogP contribution < -0.4 is 4.74 Å². The lowest BCUT2D eigenvalue weighted by Crippen LogP contribution is -2.14. The Morgan fingerprint density at radius 2 is 2.08 bits per heavy atom. The highest BCUT2D eigenvalue weighted by atomic mass is 16.7. The van der Waals surface area contributed by atoms with Crippen LogP contribution in [0.2, 0.25) is 0 Å². The number of fused-ring (bicyclic) bond motifs is 6. The molecule has 126 valence electrons. The molecule has 0 amide bonds. The number of carbonyl (C=O) groups excluding carboxylic acids is 1. The summed E-state index contributed by atoms with van der Waals surface area (Å²) in [5, 5.41) is 12.6. The molecule has 2 aromatic rings. The molecule has 4 rings (SSSR count). The number of hydrogen-bond acceptors (Lipinski definition) is 4. The fraction of sp³-hybridized carbons (Fsp3) is 0.450. The van der Waals surface area contributed by atoms with Crippen LogP contribution in [0, 0.1) is 5.92 Å². The fourth-order valence-electron chi connectivity index (χ4n) is 4.79. The number of benzene rings is 2. The molecule has 4 nitrogen and oxygen atoms in total. The minimum atomic E-state index is -0.703. The Kier molecular flexibility index (Phi) is 3.44. The van der Waals surface area contributed by atoms with Crippen LogP contribution in [0.4, 0.5) is 4.79 Å². The average Bonchev–Trinajstić information content (AvgIpc) is 3.15. The molecule has 3 unspecified atom stereocenters. The minimum Gasteiger partial charge on any atom is -0.507 e. The van der Waals surface area contributed by atoms with E-state index in [1.165, 1.54) is 7.11 Å². The Hall–Kier alpha value is -2.23. The number of hydrogen-bond donors (Lipinski definition) is 1. The number of rotatable bonds is 2. The van der Waals surface area contributed by atoms with E-state index >= 15 is 0 Å². The van der Waals surface area contributed by atoms with Crippen LogP contribution in [-0.2, 0) is 11.2 Å². The summed E-state index contributed by atoms with van der Waals surface area (Å²) < 4.78 is 10.4. The third kappa shape index (κ3) is 1.95. The standard InChI is InChI=1S/C20H22O4/c1-4-11-6-5-7-13-15(11)19(24-20(22)23-3)16-12-8-10(2)14(9-12)17(16)18(13)21/h5-7,10,12,14,21H,4,8-9H2,1-3H3. The van der Waals surface area contributed by atoms with Crippen molar-refractivity contribution in [3.63, 3.8) is 0 Å². The second-order valence-corrected chi connectivity index (χ2v) is 7.01. The van der Waals surface area contributed by atoms with Crippen molar-refractivity contribution in [1.82, 2.24) is 0 Å². The topological polar surface area (TPSA) is 55.8 Å². The van der Waals surface area contributed by atoms with E-state index in [0.29, 0.717) is 29.3 Å². The number of phenolic OH excluding ortho intramolecular Hbond substituents is 1. The number of ether oxygens (including phenoxy) is 2. The van der Waals surface area contributed by atoms with Gasteiger partial charge in [-0.25, -0.2) is 4.79 Å². The van der Waals surface area contributed by atoms with Gasteiger partial charge in [0.2, 0.25) is 0 Å². The van der Waals surface area contributed by atoms with Gasteiger partial charge >= 0.3 is 6.16 Å². The number of aryl methyl sites for hydroxylation is 1. The summed E-state index contributed by atoms with van der Waals surface area (Å²) in [6, 6.07) is 5.88. The number of phenols is 1. The van der Waals surface area contributed by atoms with E-state index in [-0.39, 0.29) is 0 Å². The summed E-state index contributed by atoms with van der Waals surface area (Å²) in [4.78, 5) is 11.9. The molecular formula is C20H22O4. The Balaban J connectivity index is 2.08. The van der Waals surface area contributed by atoms with Crippen molar-refractivity contribution in [2.45, 2.75) is 44.9 Å². The average molecular weight is 326 g/mol. The highest BCUT2D eigenvalue weighted by Gasteiger charge is 2.46. The lowest BCUT2D eigenvalue weighted by atomic mass is 9.81. The fourth-order valence-corrected chi connectivity index (χ4v) is 4.79. The Bertz CT molecular complexity index is 839. The van der Waals surface area contributed by atoms with Gasteiger partial charge in [0.25, 0.3) is 0 Å². The second kappa shape index (κ2) is 5.40. The zero-order valence-electron chi connectivity index (χ0n) is 14.3. The van der Waals surface area contributed by atoms with E-state index in [4.69, 9.17) is 9.47 Å². The van der Waals surface area contributed by atoms with Crippen LogP contribution in [-0.4, -0.2) is 18.4 Å². The smallest absolute Gasteiger partial charge is 0.507 e. The van der Waals surface area contributed by atoms with E-state index < -0.39 is 6.16 Å². The van der Waals surface area contributed by atoms with Crippen molar-refractivity contribution in [2.24, 2.45) is 5.92 Å². The van der Waals surface area contributed by atoms with Gasteiger partial charge in [0.15, 0.2) is 0 Å². The van der Waals surface area contributed by atoms with E-state index in [9.17, 15) is 9.90 Å². The third-order valence-corrected chi connectivity index (χ3v) is 5.82. The maximum Gasteiger partial charge on any atom is 0.513 e. The molecule has 1 saturated carbocycles. The van der Waals surface area contributed by atoms with Gasteiger partial charge in [-0.05, 0) is 42.6 Å². The van der Waals surface area contributed by atoms with Crippen molar-refractivity contribution < 1.29 is 19.4 Å². The molecule has 24 heavy (non-hydrogen) atoms. The van der Waals surface area contributed by atoms with Crippen LogP contribution >= 0.6 is 0 Å². The molecule has 0 heterocycles. The molecule has 0 spiro atoms. The first kappa shape index (κ1) is 15.3. The van der Waals surface area contributed by atoms with Crippen molar-refractivity contribution in [3.05, 3.63) is 34.9 Å². The molecule has 0 saturated heterocycles. The molecule has 4 heteroatoms. The van der Waals surface area contributed by atoms with Crippen molar-refractivity contribution in [2.75, 3.05) is 7.11 Å². The zero-order chi connectivity index (χ0) is 17.0. The van der Waals surface area contributed by atoms with Gasteiger partial charge in [0, 0.05) is 21.9 Å². The summed E-state index contributed by atoms with van der Waals surface area (Å²) in [6.45, 7) is 4.30. The first-order valence-corrected chi connectivity index (χ1v) is 8.62. The third-order valence-electron chi connectivity index (χ3n) is 5.82. The molecule has 2 aliphatic carbocycles. The highest BCUT2D eigenvalue weighted by molar-refractivity contribution is 6.00. The van der Waals surface area contributed by atoms with Gasteiger partial charge in [-0.3, -0.25) is 0 Å². The molecule has 2 aromatic carbocycles. The molecule has 0 aliphatic heterocycles. The Morgan fingerprint density at radius 3 is 2.79 bits per heavy atom. The summed E-state index contributed by atoms with van der Waals surface area (Å²) in [5.41, 5.74) is 3.08. The largest absolute Gasteiger partial charge is 0.513 e. The van der Waals surface area contributed by atoms with Gasteiger partial charge in [-0.2, -0.15) is 0 Å². The number of methoxy groups -OCH3 is 1. The molecule has 0 aromatic heterocycles. The highest BCUT2D eigenvalue weighted by Crippen LogP contribution is 2.63. The Labute approximate surface area is 141 Å². The van der Waals surface area contributed by atoms with Crippen LogP contribution in [0.25, 0.3) is 10.8 Å². The van der Waals surface area contributed by atoms with Crippen molar-refractivity contribution in [1.29, 1.82) is 0 Å². The first-order valence-electron chi connectivity index (χ1n) is 8.62. The van der Waals surface area contributed by atoms with E-state index in [2.05, 4.69) is 13.8 Å². The zero-order valence-corrected chi connectivity index (χ0v) is 14.3. The predicted molar refractivity (Wildman–Crippen MR) is 91.9 cm³/mol. The Morgan fingerprint density at radius 1 is 1.29 bits per heavy atom. The van der Waals surface area contributed by atoms with E-state index in [1.807, 2.05) is 18.2 Å². The lowest BCUT2D eigenvalue weighted by Gasteiger charge is -2.26. The molecule has 2 bridgehead atoms. The minimum absolute atomic E-state index is 0.347. The molecule has 0 radical (unpaired) electrons. The second-order valence-electron chi connectivity index (χ2n) is 7.01. The van der Waals surface area contributed by atoms with Crippen LogP contribution in [0.5, 0.6) is 11.5 Å². The maximum atomic E-state index is 11.9. The first-order chi connectivity index (χ1) is 11.6. The van der Waals surface area contributed by atoms with Crippen molar-refractivity contribution >= 4 is 16.9 Å². The van der Waals surface area contributed by atoms with Gasteiger partial charge in [-0.15, -0.1) is 0 Å². The molecule has 2 aliphatic rings. The summed E-state index contributed by atoms with van der Waals surface area (Å²) in [5.74, 6) is 2.21. The SMILES string of the molecule is CCc1cccc2c(O)c3c(c(OC(=O)OC)c12)C1CC(C)C3C1. The monoisotopic (exact) mass is 326 g/mol. The predicted octanol–water partition coefficient (Wildman–Crippen LogP) is 4.86. The van der Waals surface area contributed by atoms with E-state index in [1.54, 1.807) is 0 Å². The van der Waals surface area contributed by atoms with Crippen LogP contribution in [0.3, 0.4) is 0 Å².